The Labute approximate surface area is 106 Å². The average molecular weight is 234 g/mol. The third-order valence-corrected chi connectivity index (χ3v) is 3.08. The quantitative estimate of drug-likeness (QED) is 0.696. The molecule has 0 unspecified atom stereocenters. The van der Waals surface area contributed by atoms with E-state index in [2.05, 4.69) is 54.4 Å². The van der Waals surface area contributed by atoms with Gasteiger partial charge in [0.25, 0.3) is 0 Å². The zero-order valence-electron chi connectivity index (χ0n) is 11.4. The predicted molar refractivity (Wildman–Crippen MR) is 75.1 cm³/mol. The molecule has 2 heteroatoms. The first kappa shape index (κ1) is 14.2. The van der Waals surface area contributed by atoms with E-state index in [0.29, 0.717) is 6.04 Å². The summed E-state index contributed by atoms with van der Waals surface area (Å²) >= 11 is 0. The van der Waals surface area contributed by atoms with Crippen LogP contribution in [0.4, 0.5) is 0 Å². The Kier molecular flexibility index (Phi) is 6.90. The summed E-state index contributed by atoms with van der Waals surface area (Å²) in [6, 6.07) is 11.4. The van der Waals surface area contributed by atoms with Gasteiger partial charge in [0.2, 0.25) is 0 Å². The summed E-state index contributed by atoms with van der Waals surface area (Å²) in [4.78, 5) is 2.55. The molecule has 1 rings (SSSR count). The monoisotopic (exact) mass is 234 g/mol. The van der Waals surface area contributed by atoms with Gasteiger partial charge in [0.15, 0.2) is 0 Å². The van der Waals surface area contributed by atoms with Gasteiger partial charge < -0.3 is 5.32 Å². The number of hydrogen-bond acceptors (Lipinski definition) is 2. The number of nitrogens with one attached hydrogen (secondary N) is 1. The lowest BCUT2D eigenvalue weighted by molar-refractivity contribution is 0.208. The largest absolute Gasteiger partial charge is 0.320 e. The zero-order chi connectivity index (χ0) is 12.5. The number of nitrogens with zero attached hydrogens (tertiary/aromatic N) is 1. The molecule has 1 aromatic carbocycles. The Balaban J connectivity index is 2.38. The van der Waals surface area contributed by atoms with Gasteiger partial charge in [-0.15, -0.1) is 0 Å². The number of hydrogen-bond donors (Lipinski definition) is 1. The van der Waals surface area contributed by atoms with Crippen molar-refractivity contribution in [3.63, 3.8) is 0 Å². The second kappa shape index (κ2) is 8.26. The van der Waals surface area contributed by atoms with Gasteiger partial charge in [0.1, 0.15) is 0 Å². The SMILES string of the molecule is CNCCCCN(Cc1ccccc1)C(C)C. The average Bonchev–Trinajstić information content (AvgIpc) is 2.34. The molecule has 0 aliphatic rings. The molecule has 0 atom stereocenters. The van der Waals surface area contributed by atoms with Crippen LogP contribution in [0, 0.1) is 0 Å². The van der Waals surface area contributed by atoms with Crippen LogP contribution in [0.1, 0.15) is 32.3 Å². The normalized spacial score (nSPS) is 11.4. The van der Waals surface area contributed by atoms with Crippen molar-refractivity contribution in [2.45, 2.75) is 39.3 Å². The zero-order valence-corrected chi connectivity index (χ0v) is 11.4. The molecule has 0 spiro atoms. The molecule has 2 nitrogen and oxygen atoms in total. The van der Waals surface area contributed by atoms with Crippen molar-refractivity contribution < 1.29 is 0 Å². The highest BCUT2D eigenvalue weighted by Gasteiger charge is 2.09. The molecule has 0 aromatic heterocycles. The fourth-order valence-electron chi connectivity index (χ4n) is 1.95. The lowest BCUT2D eigenvalue weighted by atomic mass is 10.1. The van der Waals surface area contributed by atoms with Gasteiger partial charge in [0.05, 0.1) is 0 Å². The van der Waals surface area contributed by atoms with Gasteiger partial charge >= 0.3 is 0 Å². The summed E-state index contributed by atoms with van der Waals surface area (Å²) in [7, 11) is 2.02. The van der Waals surface area contributed by atoms with Crippen molar-refractivity contribution in [1.29, 1.82) is 0 Å². The molecule has 1 aromatic rings. The van der Waals surface area contributed by atoms with Crippen LogP contribution in [0.2, 0.25) is 0 Å². The van der Waals surface area contributed by atoms with E-state index in [9.17, 15) is 0 Å². The van der Waals surface area contributed by atoms with Crippen LogP contribution < -0.4 is 5.32 Å². The van der Waals surface area contributed by atoms with Gasteiger partial charge in [-0.05, 0) is 52.4 Å². The molecular formula is C15H26N2. The van der Waals surface area contributed by atoms with E-state index in [1.807, 2.05) is 7.05 Å². The molecule has 0 amide bonds. The summed E-state index contributed by atoms with van der Waals surface area (Å²) in [6.07, 6.45) is 2.53. The summed E-state index contributed by atoms with van der Waals surface area (Å²) in [5.41, 5.74) is 1.41. The summed E-state index contributed by atoms with van der Waals surface area (Å²) < 4.78 is 0. The van der Waals surface area contributed by atoms with Crippen molar-refractivity contribution in [2.24, 2.45) is 0 Å². The van der Waals surface area contributed by atoms with Gasteiger partial charge in [-0.2, -0.15) is 0 Å². The summed E-state index contributed by atoms with van der Waals surface area (Å²) in [5, 5.41) is 3.20. The lowest BCUT2D eigenvalue weighted by Gasteiger charge is -2.26. The summed E-state index contributed by atoms with van der Waals surface area (Å²) in [6.45, 7) is 7.94. The minimum atomic E-state index is 0.616. The molecule has 0 saturated carbocycles. The Hall–Kier alpha value is -0.860. The Morgan fingerprint density at radius 3 is 2.41 bits per heavy atom. The second-order valence-electron chi connectivity index (χ2n) is 4.86. The minimum absolute atomic E-state index is 0.616. The Morgan fingerprint density at radius 2 is 1.82 bits per heavy atom. The first-order chi connectivity index (χ1) is 8.24. The van der Waals surface area contributed by atoms with Crippen LogP contribution in [0.3, 0.4) is 0 Å². The van der Waals surface area contributed by atoms with Gasteiger partial charge in [-0.3, -0.25) is 4.90 Å². The highest BCUT2D eigenvalue weighted by molar-refractivity contribution is 5.14. The molecule has 17 heavy (non-hydrogen) atoms. The molecule has 0 aliphatic carbocycles. The second-order valence-corrected chi connectivity index (χ2v) is 4.86. The van der Waals surface area contributed by atoms with Gasteiger partial charge in [-0.1, -0.05) is 30.3 Å². The van der Waals surface area contributed by atoms with E-state index in [0.717, 1.165) is 13.1 Å². The molecule has 0 heterocycles. The first-order valence-corrected chi connectivity index (χ1v) is 6.66. The van der Waals surface area contributed by atoms with E-state index in [4.69, 9.17) is 0 Å². The maximum Gasteiger partial charge on any atom is 0.0236 e. The van der Waals surface area contributed by atoms with Crippen LogP contribution >= 0.6 is 0 Å². The molecule has 0 fully saturated rings. The molecule has 0 saturated heterocycles. The van der Waals surface area contributed by atoms with Crippen molar-refractivity contribution in [1.82, 2.24) is 10.2 Å². The maximum atomic E-state index is 3.20. The highest BCUT2D eigenvalue weighted by atomic mass is 15.1. The molecule has 0 radical (unpaired) electrons. The number of benzene rings is 1. The van der Waals surface area contributed by atoms with Crippen molar-refractivity contribution >= 4 is 0 Å². The van der Waals surface area contributed by atoms with Gasteiger partial charge in [0, 0.05) is 12.6 Å². The highest BCUT2D eigenvalue weighted by Crippen LogP contribution is 2.09. The van der Waals surface area contributed by atoms with E-state index in [1.54, 1.807) is 0 Å². The standard InChI is InChI=1S/C15H26N2/c1-14(2)17(12-8-7-11-16-3)13-15-9-5-4-6-10-15/h4-6,9-10,14,16H,7-8,11-13H2,1-3H3. The van der Waals surface area contributed by atoms with E-state index < -0.39 is 0 Å². The molecule has 96 valence electrons. The van der Waals surface area contributed by atoms with E-state index >= 15 is 0 Å². The van der Waals surface area contributed by atoms with Crippen molar-refractivity contribution in [2.75, 3.05) is 20.1 Å². The molecule has 0 aliphatic heterocycles. The fourth-order valence-corrected chi connectivity index (χ4v) is 1.95. The van der Waals surface area contributed by atoms with Crippen LogP contribution in [-0.4, -0.2) is 31.1 Å². The van der Waals surface area contributed by atoms with E-state index in [1.165, 1.54) is 24.9 Å². The fraction of sp³-hybridized carbons (Fsp3) is 0.600. The predicted octanol–water partition coefficient (Wildman–Crippen LogP) is 2.90. The maximum absolute atomic E-state index is 3.20. The van der Waals surface area contributed by atoms with Crippen LogP contribution in [0.25, 0.3) is 0 Å². The minimum Gasteiger partial charge on any atom is -0.320 e. The molecular weight excluding hydrogens is 208 g/mol. The van der Waals surface area contributed by atoms with Crippen molar-refractivity contribution in [3.8, 4) is 0 Å². The Bertz CT molecular complexity index is 282. The Morgan fingerprint density at radius 1 is 1.12 bits per heavy atom. The smallest absolute Gasteiger partial charge is 0.0236 e. The van der Waals surface area contributed by atoms with Gasteiger partial charge in [-0.25, -0.2) is 0 Å². The van der Waals surface area contributed by atoms with E-state index in [-0.39, 0.29) is 0 Å². The van der Waals surface area contributed by atoms with Crippen LogP contribution in [-0.2, 0) is 6.54 Å². The third kappa shape index (κ3) is 5.85. The third-order valence-electron chi connectivity index (χ3n) is 3.08. The lowest BCUT2D eigenvalue weighted by Crippen LogP contribution is -2.31. The number of rotatable bonds is 8. The van der Waals surface area contributed by atoms with Crippen molar-refractivity contribution in [3.05, 3.63) is 35.9 Å². The van der Waals surface area contributed by atoms with Crippen LogP contribution in [0.5, 0.6) is 0 Å². The van der Waals surface area contributed by atoms with Crippen LogP contribution in [0.15, 0.2) is 30.3 Å². The molecule has 0 bridgehead atoms. The first-order valence-electron chi connectivity index (χ1n) is 6.66. The topological polar surface area (TPSA) is 15.3 Å². The number of unbranched alkanes of at least 4 members (excludes halogenated alkanes) is 1. The molecule has 1 N–H and O–H groups in total. The summed E-state index contributed by atoms with van der Waals surface area (Å²) in [5.74, 6) is 0.